The number of carbonyl (C=O) groups is 1. The number of aromatic nitrogens is 5. The number of rotatable bonds is 4. The molecular weight excluding hydrogens is 452 g/mol. The van der Waals surface area contributed by atoms with Gasteiger partial charge in [0.2, 0.25) is 5.91 Å². The molecule has 184 valence electrons. The van der Waals surface area contributed by atoms with Crippen LogP contribution in [0.1, 0.15) is 41.3 Å². The molecule has 0 aromatic carbocycles. The summed E-state index contributed by atoms with van der Waals surface area (Å²) in [7, 11) is 3.92. The number of anilines is 1. The number of carbonyl (C=O) groups excluding carboxylic acids is 1. The van der Waals surface area contributed by atoms with Crippen LogP contribution in [-0.2, 0) is 31.7 Å². The molecule has 0 saturated carbocycles. The molecule has 5 heterocycles. The molecule has 3 aromatic rings. The van der Waals surface area contributed by atoms with Crippen LogP contribution in [0.5, 0.6) is 0 Å². The van der Waals surface area contributed by atoms with Gasteiger partial charge >= 0.3 is 0 Å². The van der Waals surface area contributed by atoms with Crippen molar-refractivity contribution in [2.24, 2.45) is 19.5 Å². The van der Waals surface area contributed by atoms with E-state index in [0.29, 0.717) is 11.5 Å². The summed E-state index contributed by atoms with van der Waals surface area (Å²) in [4.78, 5) is 21.3. The van der Waals surface area contributed by atoms with Gasteiger partial charge in [-0.05, 0) is 49.5 Å². The van der Waals surface area contributed by atoms with E-state index in [-0.39, 0.29) is 11.3 Å². The Bertz CT molecular complexity index is 1400. The van der Waals surface area contributed by atoms with Crippen LogP contribution in [0.25, 0.3) is 11.3 Å². The fraction of sp³-hybridized carbons (Fsp3) is 0.444. The lowest BCUT2D eigenvalue weighted by Gasteiger charge is -2.47. The summed E-state index contributed by atoms with van der Waals surface area (Å²) < 4.78 is 3.81. The van der Waals surface area contributed by atoms with Crippen molar-refractivity contribution in [3.05, 3.63) is 59.7 Å². The standard InChI is InChI=1S/C27H30N8O/c1-4-24(36)35-16-27(17-35)9-12-34(15-27)26-20(14-28)25(23-8-11-30-33(23)3)19-6-5-18(13-21(19)31-26)22-7-10-29-32(22)2/h4,7-8,10-11,18H,1,5-6,9,12-13,15-17H2,2-3H3/t18-/m0/s1. The van der Waals surface area contributed by atoms with E-state index >= 15 is 0 Å². The topological polar surface area (TPSA) is 95.9 Å². The number of aryl methyl sites for hydroxylation is 2. The second kappa shape index (κ2) is 8.33. The SMILES string of the molecule is C=CC(=O)N1CC2(CCN(c3nc4c(c(-c5ccnn5C)c3C#N)CC[C@H](c3ccnn3C)C4)C2)C1. The molecule has 2 fully saturated rings. The molecule has 9 nitrogen and oxygen atoms in total. The third-order valence-corrected chi connectivity index (χ3v) is 8.29. The zero-order valence-corrected chi connectivity index (χ0v) is 20.8. The maximum Gasteiger partial charge on any atom is 0.245 e. The van der Waals surface area contributed by atoms with Crippen LogP contribution in [0.2, 0.25) is 0 Å². The van der Waals surface area contributed by atoms with E-state index in [4.69, 9.17) is 4.98 Å². The summed E-state index contributed by atoms with van der Waals surface area (Å²) >= 11 is 0. The lowest BCUT2D eigenvalue weighted by molar-refractivity contribution is -0.136. The van der Waals surface area contributed by atoms with E-state index in [2.05, 4.69) is 33.8 Å². The van der Waals surface area contributed by atoms with Gasteiger partial charge in [0.15, 0.2) is 0 Å². The van der Waals surface area contributed by atoms with Crippen LogP contribution in [-0.4, -0.2) is 61.5 Å². The molecule has 2 saturated heterocycles. The molecule has 0 N–H and O–H groups in total. The van der Waals surface area contributed by atoms with Crippen molar-refractivity contribution in [1.82, 2.24) is 29.4 Å². The van der Waals surface area contributed by atoms with Gasteiger partial charge in [-0.25, -0.2) is 4.98 Å². The summed E-state index contributed by atoms with van der Waals surface area (Å²) in [6, 6.07) is 6.60. The lowest BCUT2D eigenvalue weighted by atomic mass is 9.79. The Kier molecular flexibility index (Phi) is 5.21. The van der Waals surface area contributed by atoms with E-state index in [1.807, 2.05) is 40.6 Å². The smallest absolute Gasteiger partial charge is 0.245 e. The Balaban J connectivity index is 1.41. The van der Waals surface area contributed by atoms with Crippen molar-refractivity contribution in [3.63, 3.8) is 0 Å². The van der Waals surface area contributed by atoms with E-state index in [9.17, 15) is 10.1 Å². The summed E-state index contributed by atoms with van der Waals surface area (Å²) in [5.74, 6) is 1.10. The minimum atomic E-state index is -0.0107. The summed E-state index contributed by atoms with van der Waals surface area (Å²) in [5.41, 5.74) is 6.06. The van der Waals surface area contributed by atoms with Crippen molar-refractivity contribution >= 4 is 11.7 Å². The molecule has 1 spiro atoms. The predicted molar refractivity (Wildman–Crippen MR) is 135 cm³/mol. The van der Waals surface area contributed by atoms with Gasteiger partial charge in [0, 0.05) is 81.0 Å². The maximum absolute atomic E-state index is 12.0. The normalized spacial score (nSPS) is 20.2. The number of amides is 1. The van der Waals surface area contributed by atoms with E-state index in [1.54, 1.807) is 6.20 Å². The molecule has 3 aliphatic rings. The van der Waals surface area contributed by atoms with Crippen molar-refractivity contribution in [1.29, 1.82) is 5.26 Å². The van der Waals surface area contributed by atoms with Crippen LogP contribution in [0.4, 0.5) is 5.82 Å². The van der Waals surface area contributed by atoms with Crippen molar-refractivity contribution < 1.29 is 4.79 Å². The largest absolute Gasteiger partial charge is 0.355 e. The van der Waals surface area contributed by atoms with Crippen LogP contribution < -0.4 is 4.90 Å². The zero-order valence-electron chi connectivity index (χ0n) is 20.8. The fourth-order valence-electron chi connectivity index (χ4n) is 6.45. The number of hydrogen-bond acceptors (Lipinski definition) is 6. The van der Waals surface area contributed by atoms with Crippen LogP contribution >= 0.6 is 0 Å². The number of nitriles is 1. The molecule has 6 rings (SSSR count). The van der Waals surface area contributed by atoms with Crippen molar-refractivity contribution in [2.75, 3.05) is 31.1 Å². The van der Waals surface area contributed by atoms with Crippen molar-refractivity contribution in [2.45, 2.75) is 31.6 Å². The average molecular weight is 483 g/mol. The summed E-state index contributed by atoms with van der Waals surface area (Å²) in [5, 5.41) is 19.2. The van der Waals surface area contributed by atoms with Gasteiger partial charge in [-0.3, -0.25) is 14.2 Å². The number of nitrogens with zero attached hydrogens (tertiary/aromatic N) is 8. The van der Waals surface area contributed by atoms with Gasteiger partial charge in [-0.2, -0.15) is 15.5 Å². The fourth-order valence-corrected chi connectivity index (χ4v) is 6.45. The van der Waals surface area contributed by atoms with Crippen LogP contribution in [0.15, 0.2) is 37.2 Å². The third-order valence-electron chi connectivity index (χ3n) is 8.29. The van der Waals surface area contributed by atoms with E-state index < -0.39 is 0 Å². The monoisotopic (exact) mass is 482 g/mol. The lowest BCUT2D eigenvalue weighted by Crippen LogP contribution is -2.59. The maximum atomic E-state index is 12.0. The average Bonchev–Trinajstić information content (AvgIpc) is 3.60. The molecular formula is C27H30N8O. The van der Waals surface area contributed by atoms with Gasteiger partial charge in [-0.15, -0.1) is 0 Å². The zero-order chi connectivity index (χ0) is 25.0. The molecule has 2 aliphatic heterocycles. The number of fused-ring (bicyclic) bond motifs is 1. The second-order valence-corrected chi connectivity index (χ2v) is 10.5. The molecule has 9 heteroatoms. The Morgan fingerprint density at radius 2 is 1.97 bits per heavy atom. The first-order valence-corrected chi connectivity index (χ1v) is 12.5. The first-order valence-electron chi connectivity index (χ1n) is 12.5. The molecule has 0 unspecified atom stereocenters. The predicted octanol–water partition coefficient (Wildman–Crippen LogP) is 2.58. The highest BCUT2D eigenvalue weighted by Gasteiger charge is 2.49. The Morgan fingerprint density at radius 1 is 1.19 bits per heavy atom. The molecule has 0 bridgehead atoms. The van der Waals surface area contributed by atoms with Gasteiger partial charge in [0.25, 0.3) is 0 Å². The molecule has 36 heavy (non-hydrogen) atoms. The highest BCUT2D eigenvalue weighted by atomic mass is 16.2. The van der Waals surface area contributed by atoms with Gasteiger partial charge in [0.05, 0.1) is 5.69 Å². The third kappa shape index (κ3) is 3.43. The summed E-state index contributed by atoms with van der Waals surface area (Å²) in [6.45, 7) is 6.71. The van der Waals surface area contributed by atoms with Crippen molar-refractivity contribution in [3.8, 4) is 17.3 Å². The number of pyridine rings is 1. The van der Waals surface area contributed by atoms with E-state index in [1.165, 1.54) is 11.8 Å². The highest BCUT2D eigenvalue weighted by Crippen LogP contribution is 2.45. The number of hydrogen-bond donors (Lipinski definition) is 0. The second-order valence-electron chi connectivity index (χ2n) is 10.5. The minimum absolute atomic E-state index is 0.0107. The van der Waals surface area contributed by atoms with Gasteiger partial charge in [0.1, 0.15) is 17.5 Å². The summed E-state index contributed by atoms with van der Waals surface area (Å²) in [6.07, 6.45) is 8.67. The molecule has 1 aliphatic carbocycles. The van der Waals surface area contributed by atoms with Gasteiger partial charge < -0.3 is 9.80 Å². The Morgan fingerprint density at radius 3 is 2.64 bits per heavy atom. The Hall–Kier alpha value is -3.93. The molecule has 3 aromatic heterocycles. The molecule has 1 atom stereocenters. The number of likely N-dealkylation sites (tertiary alicyclic amines) is 1. The van der Waals surface area contributed by atoms with Crippen LogP contribution in [0, 0.1) is 16.7 Å². The Labute approximate surface area is 210 Å². The van der Waals surface area contributed by atoms with Crippen LogP contribution in [0.3, 0.4) is 0 Å². The minimum Gasteiger partial charge on any atom is -0.355 e. The van der Waals surface area contributed by atoms with Gasteiger partial charge in [-0.1, -0.05) is 6.58 Å². The van der Waals surface area contributed by atoms with E-state index in [0.717, 1.165) is 80.2 Å². The molecule has 1 amide bonds. The highest BCUT2D eigenvalue weighted by molar-refractivity contribution is 5.88. The quantitative estimate of drug-likeness (QED) is 0.531. The first-order chi connectivity index (χ1) is 17.4. The first kappa shape index (κ1) is 22.5. The molecule has 0 radical (unpaired) electrons.